The second-order valence-corrected chi connectivity index (χ2v) is 4.58. The predicted molar refractivity (Wildman–Crippen MR) is 68.9 cm³/mol. The molecule has 1 amide bonds. The molecule has 0 unspecified atom stereocenters. The van der Waals surface area contributed by atoms with E-state index >= 15 is 0 Å². The molecule has 0 bridgehead atoms. The van der Waals surface area contributed by atoms with E-state index in [9.17, 15) is 4.79 Å². The topological polar surface area (TPSA) is 49.0 Å². The average molecular weight is 237 g/mol. The third-order valence-corrected chi connectivity index (χ3v) is 3.14. The fourth-order valence-electron chi connectivity index (χ4n) is 1.89. The van der Waals surface area contributed by atoms with Gasteiger partial charge in [0.25, 0.3) is 0 Å². The van der Waals surface area contributed by atoms with Gasteiger partial charge in [-0.25, -0.2) is 0 Å². The molecule has 1 aromatic heterocycles. The van der Waals surface area contributed by atoms with E-state index in [0.29, 0.717) is 6.42 Å². The number of aromatic nitrogens is 2. The second kappa shape index (κ2) is 6.42. The normalized spacial score (nSPS) is 10.6. The number of carbonyl (C=O) groups is 1. The maximum Gasteiger partial charge on any atom is 0.222 e. The quantitative estimate of drug-likeness (QED) is 0.824. The molecule has 1 aromatic rings. The number of nitrogens with one attached hydrogen (secondary N) is 1. The first-order valence-electron chi connectivity index (χ1n) is 6.30. The molecule has 0 aliphatic heterocycles. The van der Waals surface area contributed by atoms with Crippen LogP contribution in [-0.2, 0) is 11.2 Å². The second-order valence-electron chi connectivity index (χ2n) is 4.58. The zero-order valence-electron chi connectivity index (χ0n) is 11.3. The third kappa shape index (κ3) is 3.88. The van der Waals surface area contributed by atoms with Crippen molar-refractivity contribution in [2.24, 2.45) is 0 Å². The highest BCUT2D eigenvalue weighted by atomic mass is 16.2. The number of aryl methyl sites for hydroxylation is 2. The number of carbonyl (C=O) groups excluding carboxylic acids is 1. The number of hydrogen-bond acceptors (Lipinski definition) is 2. The molecule has 0 spiro atoms. The largest absolute Gasteiger partial charge is 0.346 e. The van der Waals surface area contributed by atoms with Gasteiger partial charge in [-0.05, 0) is 32.3 Å². The molecule has 1 rings (SSSR count). The molecule has 0 aromatic carbocycles. The van der Waals surface area contributed by atoms with Crippen molar-refractivity contribution in [2.45, 2.75) is 46.5 Å². The van der Waals surface area contributed by atoms with Gasteiger partial charge in [-0.15, -0.1) is 0 Å². The lowest BCUT2D eigenvalue weighted by molar-refractivity contribution is -0.129. The van der Waals surface area contributed by atoms with Gasteiger partial charge < -0.3 is 4.90 Å². The SMILES string of the molecule is CCCCN(C)C(=O)CCc1c(C)n[nH]c1C. The van der Waals surface area contributed by atoms with Gasteiger partial charge >= 0.3 is 0 Å². The molecule has 0 radical (unpaired) electrons. The molecule has 4 heteroatoms. The van der Waals surface area contributed by atoms with E-state index in [1.54, 1.807) is 0 Å². The molecule has 0 aliphatic carbocycles. The van der Waals surface area contributed by atoms with Crippen LogP contribution >= 0.6 is 0 Å². The first-order valence-corrected chi connectivity index (χ1v) is 6.30. The number of nitrogens with zero attached hydrogens (tertiary/aromatic N) is 2. The van der Waals surface area contributed by atoms with Crippen LogP contribution in [0.3, 0.4) is 0 Å². The standard InChI is InChI=1S/C13H23N3O/c1-5-6-9-16(4)13(17)8-7-12-10(2)14-15-11(12)3/h5-9H2,1-4H3,(H,14,15). The van der Waals surface area contributed by atoms with E-state index < -0.39 is 0 Å². The van der Waals surface area contributed by atoms with Gasteiger partial charge in [0.15, 0.2) is 0 Å². The van der Waals surface area contributed by atoms with Gasteiger partial charge in [0, 0.05) is 25.7 Å². The van der Waals surface area contributed by atoms with Crippen LogP contribution in [0.4, 0.5) is 0 Å². The highest BCUT2D eigenvalue weighted by Crippen LogP contribution is 2.12. The van der Waals surface area contributed by atoms with Gasteiger partial charge in [0.05, 0.1) is 5.69 Å². The van der Waals surface area contributed by atoms with Gasteiger partial charge in [0.1, 0.15) is 0 Å². The van der Waals surface area contributed by atoms with Crippen molar-refractivity contribution in [2.75, 3.05) is 13.6 Å². The number of aromatic amines is 1. The summed E-state index contributed by atoms with van der Waals surface area (Å²) >= 11 is 0. The maximum atomic E-state index is 11.9. The van der Waals surface area contributed by atoms with Crippen molar-refractivity contribution in [3.63, 3.8) is 0 Å². The molecule has 1 N–H and O–H groups in total. The highest BCUT2D eigenvalue weighted by Gasteiger charge is 2.11. The summed E-state index contributed by atoms with van der Waals surface area (Å²) < 4.78 is 0. The Hall–Kier alpha value is -1.32. The minimum absolute atomic E-state index is 0.221. The van der Waals surface area contributed by atoms with Gasteiger partial charge in [-0.3, -0.25) is 9.89 Å². The maximum absolute atomic E-state index is 11.9. The van der Waals surface area contributed by atoms with Crippen molar-refractivity contribution in [1.82, 2.24) is 15.1 Å². The minimum atomic E-state index is 0.221. The smallest absolute Gasteiger partial charge is 0.222 e. The van der Waals surface area contributed by atoms with Crippen molar-refractivity contribution in [3.05, 3.63) is 17.0 Å². The van der Waals surface area contributed by atoms with Gasteiger partial charge in [-0.1, -0.05) is 13.3 Å². The summed E-state index contributed by atoms with van der Waals surface area (Å²) in [6.45, 7) is 6.97. The molecule has 0 saturated heterocycles. The summed E-state index contributed by atoms with van der Waals surface area (Å²) in [5.41, 5.74) is 3.26. The number of rotatable bonds is 6. The number of H-pyrrole nitrogens is 1. The van der Waals surface area contributed by atoms with Crippen LogP contribution in [0.15, 0.2) is 0 Å². The molecule has 1 heterocycles. The Labute approximate surface area is 103 Å². The molecule has 0 atom stereocenters. The molecule has 96 valence electrons. The highest BCUT2D eigenvalue weighted by molar-refractivity contribution is 5.76. The zero-order chi connectivity index (χ0) is 12.8. The summed E-state index contributed by atoms with van der Waals surface area (Å²) in [5, 5.41) is 7.09. The van der Waals surface area contributed by atoms with Crippen molar-refractivity contribution in [3.8, 4) is 0 Å². The lowest BCUT2D eigenvalue weighted by atomic mass is 10.1. The molecule has 4 nitrogen and oxygen atoms in total. The average Bonchev–Trinajstić information content (AvgIpc) is 2.63. The molecule has 0 fully saturated rings. The van der Waals surface area contributed by atoms with Crippen molar-refractivity contribution < 1.29 is 4.79 Å². The molecule has 17 heavy (non-hydrogen) atoms. The van der Waals surface area contributed by atoms with E-state index in [1.807, 2.05) is 25.8 Å². The Kier molecular flexibility index (Phi) is 5.19. The van der Waals surface area contributed by atoms with Crippen LogP contribution in [0.2, 0.25) is 0 Å². The molecule has 0 saturated carbocycles. The van der Waals surface area contributed by atoms with Crippen LogP contribution in [0.1, 0.15) is 43.1 Å². The lowest BCUT2D eigenvalue weighted by Gasteiger charge is -2.16. The zero-order valence-corrected chi connectivity index (χ0v) is 11.3. The number of hydrogen-bond donors (Lipinski definition) is 1. The minimum Gasteiger partial charge on any atom is -0.346 e. The Morgan fingerprint density at radius 3 is 2.65 bits per heavy atom. The van der Waals surface area contributed by atoms with Crippen LogP contribution in [0.25, 0.3) is 0 Å². The summed E-state index contributed by atoms with van der Waals surface area (Å²) in [5.74, 6) is 0.221. The monoisotopic (exact) mass is 237 g/mol. The lowest BCUT2D eigenvalue weighted by Crippen LogP contribution is -2.27. The van der Waals surface area contributed by atoms with E-state index in [-0.39, 0.29) is 5.91 Å². The summed E-state index contributed by atoms with van der Waals surface area (Å²) in [4.78, 5) is 13.7. The van der Waals surface area contributed by atoms with Crippen LogP contribution < -0.4 is 0 Å². The van der Waals surface area contributed by atoms with Crippen LogP contribution in [0.5, 0.6) is 0 Å². The fourth-order valence-corrected chi connectivity index (χ4v) is 1.89. The number of amides is 1. The van der Waals surface area contributed by atoms with E-state index in [4.69, 9.17) is 0 Å². The van der Waals surface area contributed by atoms with E-state index in [0.717, 1.165) is 37.2 Å². The van der Waals surface area contributed by atoms with E-state index in [2.05, 4.69) is 17.1 Å². The Balaban J connectivity index is 2.43. The summed E-state index contributed by atoms with van der Waals surface area (Å²) in [6, 6.07) is 0. The van der Waals surface area contributed by atoms with Crippen LogP contribution in [-0.4, -0.2) is 34.6 Å². The molecular weight excluding hydrogens is 214 g/mol. The van der Waals surface area contributed by atoms with E-state index in [1.165, 1.54) is 5.56 Å². The Morgan fingerprint density at radius 2 is 2.12 bits per heavy atom. The Morgan fingerprint density at radius 1 is 1.41 bits per heavy atom. The summed E-state index contributed by atoms with van der Waals surface area (Å²) in [6.07, 6.45) is 3.55. The first kappa shape index (κ1) is 13.7. The predicted octanol–water partition coefficient (Wildman–Crippen LogP) is 2.22. The third-order valence-electron chi connectivity index (χ3n) is 3.14. The van der Waals surface area contributed by atoms with Gasteiger partial charge in [0.2, 0.25) is 5.91 Å². The fraction of sp³-hybridized carbons (Fsp3) is 0.692. The molecular formula is C13H23N3O. The first-order chi connectivity index (χ1) is 8.06. The summed E-state index contributed by atoms with van der Waals surface area (Å²) in [7, 11) is 1.88. The number of unbranched alkanes of at least 4 members (excludes halogenated alkanes) is 1. The van der Waals surface area contributed by atoms with Crippen molar-refractivity contribution >= 4 is 5.91 Å². The molecule has 0 aliphatic rings. The van der Waals surface area contributed by atoms with Crippen molar-refractivity contribution in [1.29, 1.82) is 0 Å². The van der Waals surface area contributed by atoms with Crippen LogP contribution in [0, 0.1) is 13.8 Å². The van der Waals surface area contributed by atoms with Gasteiger partial charge in [-0.2, -0.15) is 5.10 Å². The Bertz CT molecular complexity index is 351.